The average molecular weight is 433 g/mol. The molecule has 3 rings (SSSR count). The highest BCUT2D eigenvalue weighted by Crippen LogP contribution is 2.31. The fourth-order valence-corrected chi connectivity index (χ4v) is 4.37. The summed E-state index contributed by atoms with van der Waals surface area (Å²) >= 11 is 0. The molecule has 0 fully saturated rings. The van der Waals surface area contributed by atoms with Crippen LogP contribution >= 0.6 is 0 Å². The summed E-state index contributed by atoms with van der Waals surface area (Å²) in [7, 11) is -1.09. The highest BCUT2D eigenvalue weighted by Gasteiger charge is 2.26. The first kappa shape index (κ1) is 21.7. The summed E-state index contributed by atoms with van der Waals surface area (Å²) < 4.78 is 65.0. The van der Waals surface area contributed by atoms with Crippen LogP contribution in [0.2, 0.25) is 0 Å². The van der Waals surface area contributed by atoms with Crippen LogP contribution in [0.15, 0.2) is 71.6 Å². The normalized spacial score (nSPS) is 11.5. The van der Waals surface area contributed by atoms with Gasteiger partial charge in [0.15, 0.2) is 11.5 Å². The van der Waals surface area contributed by atoms with E-state index in [1.165, 1.54) is 85.3 Å². The Morgan fingerprint density at radius 1 is 0.733 bits per heavy atom. The number of nitrogens with zero attached hydrogens (tertiary/aromatic N) is 1. The molecule has 0 radical (unpaired) electrons. The Kier molecular flexibility index (Phi) is 6.69. The summed E-state index contributed by atoms with van der Waals surface area (Å²) in [5.41, 5.74) is 1.23. The second-order valence-corrected chi connectivity index (χ2v) is 8.48. The first-order chi connectivity index (χ1) is 14.3. The Bertz CT molecular complexity index is 1050. The zero-order chi connectivity index (χ0) is 21.7. The van der Waals surface area contributed by atoms with Gasteiger partial charge in [0, 0.05) is 19.2 Å². The molecule has 0 saturated carbocycles. The van der Waals surface area contributed by atoms with E-state index in [-0.39, 0.29) is 23.7 Å². The van der Waals surface area contributed by atoms with Gasteiger partial charge in [0.05, 0.1) is 19.1 Å². The molecular weight excluding hydrogens is 412 g/mol. The number of methoxy groups -OCH3 is 2. The Hall–Kier alpha value is -2.97. The predicted molar refractivity (Wildman–Crippen MR) is 109 cm³/mol. The number of ether oxygens (including phenoxy) is 2. The molecule has 0 bridgehead atoms. The molecule has 0 amide bonds. The van der Waals surface area contributed by atoms with E-state index in [2.05, 4.69) is 0 Å². The third kappa shape index (κ3) is 4.95. The minimum Gasteiger partial charge on any atom is -0.493 e. The Labute approximate surface area is 174 Å². The van der Waals surface area contributed by atoms with Crippen LogP contribution in [0.3, 0.4) is 0 Å². The van der Waals surface area contributed by atoms with Crippen LogP contribution in [0.25, 0.3) is 0 Å². The lowest BCUT2D eigenvalue weighted by Crippen LogP contribution is -2.30. The van der Waals surface area contributed by atoms with Crippen LogP contribution in [0.4, 0.5) is 8.78 Å². The van der Waals surface area contributed by atoms with Gasteiger partial charge in [0.25, 0.3) is 0 Å². The lowest BCUT2D eigenvalue weighted by atomic mass is 10.2. The largest absolute Gasteiger partial charge is 0.493 e. The molecule has 0 aliphatic rings. The van der Waals surface area contributed by atoms with E-state index >= 15 is 0 Å². The Morgan fingerprint density at radius 2 is 1.20 bits per heavy atom. The van der Waals surface area contributed by atoms with E-state index in [4.69, 9.17) is 9.47 Å². The van der Waals surface area contributed by atoms with Gasteiger partial charge in [-0.05, 0) is 47.5 Å². The van der Waals surface area contributed by atoms with Gasteiger partial charge in [0.2, 0.25) is 10.0 Å². The monoisotopic (exact) mass is 433 g/mol. The molecule has 0 unspecified atom stereocenters. The smallest absolute Gasteiger partial charge is 0.243 e. The topological polar surface area (TPSA) is 55.8 Å². The number of hydrogen-bond acceptors (Lipinski definition) is 4. The van der Waals surface area contributed by atoms with Crippen molar-refractivity contribution in [3.63, 3.8) is 0 Å². The molecule has 0 N–H and O–H groups in total. The second-order valence-electron chi connectivity index (χ2n) is 6.54. The van der Waals surface area contributed by atoms with Crippen LogP contribution in [0.1, 0.15) is 11.1 Å². The summed E-state index contributed by atoms with van der Waals surface area (Å²) in [6, 6.07) is 15.5. The van der Waals surface area contributed by atoms with E-state index in [0.717, 1.165) is 0 Å². The zero-order valence-corrected chi connectivity index (χ0v) is 17.3. The molecule has 0 spiro atoms. The third-order valence-electron chi connectivity index (χ3n) is 4.54. The number of benzene rings is 3. The summed E-state index contributed by atoms with van der Waals surface area (Å²) in [5, 5.41) is 0. The molecular formula is C22H21F2NO4S. The van der Waals surface area contributed by atoms with Gasteiger partial charge in [-0.3, -0.25) is 0 Å². The summed E-state index contributed by atoms with van der Waals surface area (Å²) in [4.78, 5) is 0.0179. The summed E-state index contributed by atoms with van der Waals surface area (Å²) in [5.74, 6) is -0.139. The van der Waals surface area contributed by atoms with Gasteiger partial charge in [-0.1, -0.05) is 24.3 Å². The van der Waals surface area contributed by atoms with Gasteiger partial charge < -0.3 is 9.47 Å². The Balaban J connectivity index is 2.00. The highest BCUT2D eigenvalue weighted by molar-refractivity contribution is 7.89. The van der Waals surface area contributed by atoms with Gasteiger partial charge in [-0.15, -0.1) is 0 Å². The van der Waals surface area contributed by atoms with Crippen molar-refractivity contribution < 1.29 is 26.7 Å². The van der Waals surface area contributed by atoms with Crippen molar-refractivity contribution in [2.75, 3.05) is 14.2 Å². The van der Waals surface area contributed by atoms with Crippen molar-refractivity contribution in [3.8, 4) is 11.5 Å². The second kappa shape index (κ2) is 9.23. The van der Waals surface area contributed by atoms with Gasteiger partial charge in [-0.25, -0.2) is 17.2 Å². The fourth-order valence-electron chi connectivity index (χ4n) is 2.94. The summed E-state index contributed by atoms with van der Waals surface area (Å²) in [6.45, 7) is 0.0165. The molecule has 0 atom stereocenters. The van der Waals surface area contributed by atoms with Crippen LogP contribution in [0.5, 0.6) is 11.5 Å². The number of rotatable bonds is 8. The van der Waals surface area contributed by atoms with Crippen molar-refractivity contribution in [1.82, 2.24) is 4.31 Å². The molecule has 0 heterocycles. The van der Waals surface area contributed by atoms with Crippen molar-refractivity contribution >= 4 is 10.0 Å². The van der Waals surface area contributed by atoms with E-state index in [1.807, 2.05) is 0 Å². The van der Waals surface area contributed by atoms with Crippen molar-refractivity contribution in [2.24, 2.45) is 0 Å². The molecule has 30 heavy (non-hydrogen) atoms. The van der Waals surface area contributed by atoms with Crippen molar-refractivity contribution in [2.45, 2.75) is 18.0 Å². The molecule has 8 heteroatoms. The third-order valence-corrected chi connectivity index (χ3v) is 6.32. The maximum Gasteiger partial charge on any atom is 0.243 e. The molecule has 3 aromatic rings. The minimum absolute atomic E-state index is 0.00827. The molecule has 0 aliphatic carbocycles. The van der Waals surface area contributed by atoms with Crippen LogP contribution in [-0.4, -0.2) is 26.9 Å². The number of sulfonamides is 1. The Morgan fingerprint density at radius 3 is 1.63 bits per heavy atom. The minimum atomic E-state index is -3.97. The van der Waals surface area contributed by atoms with Crippen LogP contribution in [0, 0.1) is 11.6 Å². The molecule has 158 valence electrons. The van der Waals surface area contributed by atoms with Gasteiger partial charge >= 0.3 is 0 Å². The fraction of sp³-hybridized carbons (Fsp3) is 0.182. The molecule has 0 aliphatic heterocycles. The van der Waals surface area contributed by atoms with E-state index < -0.39 is 21.7 Å². The van der Waals surface area contributed by atoms with Crippen molar-refractivity contribution in [3.05, 3.63) is 89.5 Å². The summed E-state index contributed by atoms with van der Waals surface area (Å²) in [6.07, 6.45) is 0. The van der Waals surface area contributed by atoms with Gasteiger partial charge in [0.1, 0.15) is 11.6 Å². The molecule has 0 saturated heterocycles. The maximum absolute atomic E-state index is 13.4. The highest BCUT2D eigenvalue weighted by atomic mass is 32.2. The first-order valence-corrected chi connectivity index (χ1v) is 10.5. The first-order valence-electron chi connectivity index (χ1n) is 9.04. The average Bonchev–Trinajstić information content (AvgIpc) is 2.75. The van der Waals surface area contributed by atoms with Gasteiger partial charge in [-0.2, -0.15) is 4.31 Å². The van der Waals surface area contributed by atoms with E-state index in [0.29, 0.717) is 16.9 Å². The van der Waals surface area contributed by atoms with Crippen molar-refractivity contribution in [1.29, 1.82) is 0 Å². The lowest BCUT2D eigenvalue weighted by Gasteiger charge is -2.23. The van der Waals surface area contributed by atoms with E-state index in [1.54, 1.807) is 0 Å². The van der Waals surface area contributed by atoms with Crippen LogP contribution < -0.4 is 9.47 Å². The predicted octanol–water partition coefficient (Wildman–Crippen LogP) is 4.37. The van der Waals surface area contributed by atoms with E-state index in [9.17, 15) is 17.2 Å². The number of hydrogen-bond donors (Lipinski definition) is 0. The standard InChI is InChI=1S/C22H21F2NO4S/c1-28-21-12-11-20(13-22(21)29-2)30(26,27)25(14-16-3-7-18(23)8-4-16)15-17-5-9-19(24)10-6-17/h3-13H,14-15H2,1-2H3. The lowest BCUT2D eigenvalue weighted by molar-refractivity contribution is 0.353. The molecule has 0 aromatic heterocycles. The molecule has 5 nitrogen and oxygen atoms in total. The quantitative estimate of drug-likeness (QED) is 0.529. The zero-order valence-electron chi connectivity index (χ0n) is 16.5. The maximum atomic E-state index is 13.4. The number of halogens is 2. The van der Waals surface area contributed by atoms with Crippen LogP contribution in [-0.2, 0) is 23.1 Å². The molecule has 3 aromatic carbocycles. The SMILES string of the molecule is COc1ccc(S(=O)(=O)N(Cc2ccc(F)cc2)Cc2ccc(F)cc2)cc1OC.